The minimum atomic E-state index is -0.0198. The van der Waals surface area contributed by atoms with Crippen LogP contribution in [-0.4, -0.2) is 21.8 Å². The average molecular weight is 703 g/mol. The number of hydrogen-bond donors (Lipinski definition) is 2. The molecular formula is C40H38N4O4S2. The van der Waals surface area contributed by atoms with Crippen LogP contribution in [0, 0.1) is 0 Å². The molecule has 254 valence electrons. The number of para-hydroxylation sites is 2. The number of carbonyl (C=O) groups excluding carboxylic acids is 2. The molecule has 6 aromatic rings. The zero-order valence-electron chi connectivity index (χ0n) is 27.5. The van der Waals surface area contributed by atoms with Gasteiger partial charge in [-0.15, -0.1) is 22.7 Å². The van der Waals surface area contributed by atoms with E-state index in [2.05, 4.69) is 20.6 Å². The summed E-state index contributed by atoms with van der Waals surface area (Å²) in [6.07, 6.45) is 6.58. The van der Waals surface area contributed by atoms with Gasteiger partial charge in [-0.2, -0.15) is 0 Å². The summed E-state index contributed by atoms with van der Waals surface area (Å²) in [6, 6.07) is 34.8. The summed E-state index contributed by atoms with van der Waals surface area (Å²) in [4.78, 5) is 34.1. The van der Waals surface area contributed by atoms with Gasteiger partial charge in [-0.05, 0) is 85.6 Å². The van der Waals surface area contributed by atoms with E-state index in [1.807, 2.05) is 120 Å². The Bertz CT molecular complexity index is 1800. The van der Waals surface area contributed by atoms with E-state index in [0.29, 0.717) is 23.1 Å². The van der Waals surface area contributed by atoms with E-state index >= 15 is 0 Å². The number of anilines is 2. The number of hydrogen-bond acceptors (Lipinski definition) is 8. The number of benzene rings is 4. The Kier molecular flexibility index (Phi) is 12.4. The van der Waals surface area contributed by atoms with E-state index in [1.54, 1.807) is 0 Å². The molecule has 2 N–H and O–H groups in total. The molecule has 0 fully saturated rings. The molecule has 0 radical (unpaired) electrons. The lowest BCUT2D eigenvalue weighted by atomic mass is 10.1. The highest BCUT2D eigenvalue weighted by Crippen LogP contribution is 2.30. The van der Waals surface area contributed by atoms with Crippen molar-refractivity contribution < 1.29 is 19.1 Å². The largest absolute Gasteiger partial charge is 0.457 e. The van der Waals surface area contributed by atoms with E-state index in [4.69, 9.17) is 9.47 Å². The molecule has 0 unspecified atom stereocenters. The number of thiazole rings is 2. The minimum Gasteiger partial charge on any atom is -0.457 e. The third-order valence-corrected chi connectivity index (χ3v) is 9.33. The molecule has 0 spiro atoms. The van der Waals surface area contributed by atoms with Crippen LogP contribution in [-0.2, 0) is 9.59 Å². The molecule has 10 heteroatoms. The number of rotatable bonds is 17. The van der Waals surface area contributed by atoms with E-state index in [0.717, 1.165) is 84.0 Å². The number of nitrogens with one attached hydrogen (secondary N) is 2. The summed E-state index contributed by atoms with van der Waals surface area (Å²) >= 11 is 2.84. The van der Waals surface area contributed by atoms with E-state index in [9.17, 15) is 9.59 Å². The van der Waals surface area contributed by atoms with Gasteiger partial charge in [0, 0.05) is 34.7 Å². The summed E-state index contributed by atoms with van der Waals surface area (Å²) in [5, 5.41) is 11.0. The van der Waals surface area contributed by atoms with Gasteiger partial charge >= 0.3 is 0 Å². The van der Waals surface area contributed by atoms with Gasteiger partial charge in [0.25, 0.3) is 0 Å². The Morgan fingerprint density at radius 3 is 1.24 bits per heavy atom. The van der Waals surface area contributed by atoms with Crippen LogP contribution in [0.3, 0.4) is 0 Å². The van der Waals surface area contributed by atoms with Crippen molar-refractivity contribution in [2.45, 2.75) is 51.4 Å². The quantitative estimate of drug-likeness (QED) is 0.0917. The molecular weight excluding hydrogens is 665 g/mol. The van der Waals surface area contributed by atoms with Gasteiger partial charge in [0.2, 0.25) is 11.8 Å². The monoisotopic (exact) mass is 702 g/mol. The molecule has 0 aliphatic carbocycles. The predicted molar refractivity (Wildman–Crippen MR) is 202 cm³/mol. The highest BCUT2D eigenvalue weighted by molar-refractivity contribution is 7.14. The second-order valence-electron chi connectivity index (χ2n) is 11.7. The Morgan fingerprint density at radius 2 is 0.840 bits per heavy atom. The fourth-order valence-electron chi connectivity index (χ4n) is 5.21. The van der Waals surface area contributed by atoms with E-state index in [1.165, 1.54) is 22.7 Å². The first-order valence-corrected chi connectivity index (χ1v) is 18.5. The van der Waals surface area contributed by atoms with Crippen molar-refractivity contribution in [3.05, 3.63) is 120 Å². The van der Waals surface area contributed by atoms with Crippen LogP contribution in [0.1, 0.15) is 51.4 Å². The van der Waals surface area contributed by atoms with Crippen LogP contribution >= 0.6 is 22.7 Å². The molecule has 0 saturated heterocycles. The van der Waals surface area contributed by atoms with Crippen molar-refractivity contribution in [1.29, 1.82) is 0 Å². The van der Waals surface area contributed by atoms with Crippen molar-refractivity contribution in [3.8, 4) is 45.5 Å². The summed E-state index contributed by atoms with van der Waals surface area (Å²) in [5.41, 5.74) is 3.56. The highest BCUT2D eigenvalue weighted by atomic mass is 32.1. The van der Waals surface area contributed by atoms with Gasteiger partial charge in [0.05, 0.1) is 11.4 Å². The molecule has 0 aliphatic heterocycles. The summed E-state index contributed by atoms with van der Waals surface area (Å²) < 4.78 is 11.7. The maximum Gasteiger partial charge on any atom is 0.226 e. The molecule has 4 aromatic carbocycles. The van der Waals surface area contributed by atoms with Gasteiger partial charge in [-0.3, -0.25) is 9.59 Å². The molecule has 0 bridgehead atoms. The maximum atomic E-state index is 12.5. The van der Waals surface area contributed by atoms with Crippen LogP contribution in [0.4, 0.5) is 10.3 Å². The highest BCUT2D eigenvalue weighted by Gasteiger charge is 2.11. The van der Waals surface area contributed by atoms with Crippen LogP contribution < -0.4 is 20.1 Å². The number of carbonyl (C=O) groups is 2. The topological polar surface area (TPSA) is 102 Å². The molecule has 8 nitrogen and oxygen atoms in total. The number of amides is 2. The predicted octanol–water partition coefficient (Wildman–Crippen LogP) is 11.2. The number of unbranched alkanes of at least 4 members (excludes halogenated alkanes) is 5. The Hall–Kier alpha value is -5.32. The molecule has 2 amide bonds. The first-order valence-electron chi connectivity index (χ1n) is 16.7. The molecule has 0 aliphatic rings. The lowest BCUT2D eigenvalue weighted by Crippen LogP contribution is -2.11. The van der Waals surface area contributed by atoms with Crippen molar-refractivity contribution in [1.82, 2.24) is 9.97 Å². The van der Waals surface area contributed by atoms with Crippen molar-refractivity contribution in [2.24, 2.45) is 0 Å². The van der Waals surface area contributed by atoms with Gasteiger partial charge in [0.1, 0.15) is 23.0 Å². The summed E-state index contributed by atoms with van der Waals surface area (Å²) in [5.74, 6) is 3.04. The second kappa shape index (κ2) is 17.9. The van der Waals surface area contributed by atoms with Crippen molar-refractivity contribution >= 4 is 44.8 Å². The second-order valence-corrected chi connectivity index (χ2v) is 13.4. The van der Waals surface area contributed by atoms with Crippen LogP contribution in [0.25, 0.3) is 22.5 Å². The number of aromatic nitrogens is 2. The number of nitrogens with zero attached hydrogens (tertiary/aromatic N) is 2. The lowest BCUT2D eigenvalue weighted by molar-refractivity contribution is -0.117. The van der Waals surface area contributed by atoms with Gasteiger partial charge in [0.15, 0.2) is 10.3 Å². The SMILES string of the molecule is O=C(CCCCCCCCC(=O)Nc1nc(-c2ccc(Oc3ccccc3)cc2)cs1)Nc1nc(-c2ccc(Oc3ccccc3)cc2)cs1. The molecule has 0 atom stereocenters. The van der Waals surface area contributed by atoms with Gasteiger partial charge in [-0.25, -0.2) is 9.97 Å². The normalized spacial score (nSPS) is 10.8. The fraction of sp³-hybridized carbons (Fsp3) is 0.200. The first-order chi connectivity index (χ1) is 24.6. The third kappa shape index (κ3) is 10.6. The van der Waals surface area contributed by atoms with Crippen LogP contribution in [0.15, 0.2) is 120 Å². The molecule has 50 heavy (non-hydrogen) atoms. The first kappa shape index (κ1) is 34.5. The van der Waals surface area contributed by atoms with Gasteiger partial charge < -0.3 is 20.1 Å². The summed E-state index contributed by atoms with van der Waals surface area (Å²) in [6.45, 7) is 0. The summed E-state index contributed by atoms with van der Waals surface area (Å²) in [7, 11) is 0. The molecule has 0 saturated carbocycles. The van der Waals surface area contributed by atoms with Crippen molar-refractivity contribution in [3.63, 3.8) is 0 Å². The lowest BCUT2D eigenvalue weighted by Gasteiger charge is -2.06. The zero-order chi connectivity index (χ0) is 34.4. The fourth-order valence-corrected chi connectivity index (χ4v) is 6.68. The van der Waals surface area contributed by atoms with Crippen molar-refractivity contribution in [2.75, 3.05) is 10.6 Å². The maximum absolute atomic E-state index is 12.5. The zero-order valence-corrected chi connectivity index (χ0v) is 29.2. The van der Waals surface area contributed by atoms with E-state index in [-0.39, 0.29) is 11.8 Å². The average Bonchev–Trinajstić information content (AvgIpc) is 3.81. The van der Waals surface area contributed by atoms with Crippen LogP contribution in [0.5, 0.6) is 23.0 Å². The molecule has 2 aromatic heterocycles. The minimum absolute atomic E-state index is 0.0198. The molecule has 6 rings (SSSR count). The Labute approximate surface area is 300 Å². The standard InChI is InChI=1S/C40H38N4O4S2/c45-37(43-39-41-35(27-49-39)29-19-23-33(24-20-29)47-31-13-7-5-8-14-31)17-11-3-1-2-4-12-18-38(46)44-40-42-36(28-50-40)30-21-25-34(26-22-30)48-32-15-9-6-10-16-32/h5-10,13-16,19-28H,1-4,11-12,17-18H2,(H,41,43,45)(H,42,44,46). The van der Waals surface area contributed by atoms with Crippen LogP contribution in [0.2, 0.25) is 0 Å². The number of ether oxygens (including phenoxy) is 2. The Balaban J connectivity index is 0.814. The third-order valence-electron chi connectivity index (χ3n) is 7.82. The van der Waals surface area contributed by atoms with Gasteiger partial charge in [-0.1, -0.05) is 62.1 Å². The Morgan fingerprint density at radius 1 is 0.480 bits per heavy atom. The smallest absolute Gasteiger partial charge is 0.226 e. The van der Waals surface area contributed by atoms with E-state index < -0.39 is 0 Å². The molecule has 2 heterocycles.